The van der Waals surface area contributed by atoms with Crippen molar-refractivity contribution in [1.82, 2.24) is 4.90 Å². The number of nitrogens with zero attached hydrogens (tertiary/aromatic N) is 3. The maximum absolute atomic E-state index is 5.27. The molecule has 1 saturated heterocycles. The molecule has 1 aliphatic heterocycles. The highest BCUT2D eigenvalue weighted by atomic mass is 16.5. The molecule has 1 heterocycles. The number of hydrogen-bond acceptors (Lipinski definition) is 4. The van der Waals surface area contributed by atoms with E-state index >= 15 is 0 Å². The van der Waals surface area contributed by atoms with Crippen LogP contribution >= 0.6 is 0 Å². The molecule has 0 aromatic heterocycles. The van der Waals surface area contributed by atoms with Crippen molar-refractivity contribution >= 4 is 6.01 Å². The van der Waals surface area contributed by atoms with Gasteiger partial charge >= 0.3 is 0 Å². The number of rotatable bonds is 6. The van der Waals surface area contributed by atoms with Gasteiger partial charge in [-0.25, -0.2) is 9.98 Å². The molecular formula is C11H19N3O. The fraction of sp³-hybridized carbons (Fsp3) is 0.727. The molecule has 0 saturated carbocycles. The van der Waals surface area contributed by atoms with Crippen LogP contribution in [-0.2, 0) is 4.74 Å². The smallest absolute Gasteiger partial charge is 0.0895 e. The van der Waals surface area contributed by atoms with Crippen molar-refractivity contribution in [3.05, 3.63) is 12.7 Å². The van der Waals surface area contributed by atoms with E-state index in [1.165, 1.54) is 0 Å². The summed E-state index contributed by atoms with van der Waals surface area (Å²) in [6.45, 7) is 9.89. The van der Waals surface area contributed by atoms with Crippen molar-refractivity contribution in [3.8, 4) is 0 Å². The molecule has 15 heavy (non-hydrogen) atoms. The summed E-state index contributed by atoms with van der Waals surface area (Å²) in [5.74, 6) is 0. The van der Waals surface area contributed by atoms with Gasteiger partial charge in [-0.1, -0.05) is 6.08 Å². The molecule has 0 radical (unpaired) electrons. The highest BCUT2D eigenvalue weighted by Crippen LogP contribution is 1.97. The molecule has 0 bridgehead atoms. The Hall–Kier alpha value is -0.960. The molecular weight excluding hydrogens is 190 g/mol. The molecule has 4 heteroatoms. The molecule has 1 rings (SSSR count). The molecule has 84 valence electrons. The minimum atomic E-state index is 0.604. The van der Waals surface area contributed by atoms with E-state index in [1.807, 2.05) is 0 Å². The first kappa shape index (κ1) is 12.1. The van der Waals surface area contributed by atoms with Crippen molar-refractivity contribution in [2.45, 2.75) is 6.42 Å². The van der Waals surface area contributed by atoms with Crippen LogP contribution in [0.1, 0.15) is 6.42 Å². The molecule has 1 aliphatic rings. The Kier molecular flexibility index (Phi) is 6.75. The predicted octanol–water partition coefficient (Wildman–Crippen LogP) is 1.07. The lowest BCUT2D eigenvalue weighted by Gasteiger charge is -2.25. The second kappa shape index (κ2) is 8.36. The van der Waals surface area contributed by atoms with E-state index in [0.29, 0.717) is 6.54 Å². The summed E-state index contributed by atoms with van der Waals surface area (Å²) in [6.07, 6.45) is 2.80. The summed E-state index contributed by atoms with van der Waals surface area (Å²) in [7, 11) is 0. The molecule has 0 spiro atoms. The summed E-state index contributed by atoms with van der Waals surface area (Å²) in [5.41, 5.74) is 0. The Morgan fingerprint density at radius 3 is 2.87 bits per heavy atom. The van der Waals surface area contributed by atoms with Gasteiger partial charge in [0, 0.05) is 19.6 Å². The zero-order chi connectivity index (χ0) is 10.8. The first-order valence-electron chi connectivity index (χ1n) is 5.42. The summed E-state index contributed by atoms with van der Waals surface area (Å²) in [4.78, 5) is 10.4. The van der Waals surface area contributed by atoms with Gasteiger partial charge in [-0.2, -0.15) is 0 Å². The Balaban J connectivity index is 2.00. The van der Waals surface area contributed by atoms with Crippen LogP contribution in [0.4, 0.5) is 0 Å². The largest absolute Gasteiger partial charge is 0.379 e. The summed E-state index contributed by atoms with van der Waals surface area (Å²) < 4.78 is 5.27. The van der Waals surface area contributed by atoms with Crippen LogP contribution in [0.5, 0.6) is 0 Å². The van der Waals surface area contributed by atoms with Gasteiger partial charge in [-0.05, 0) is 6.42 Å². The zero-order valence-corrected chi connectivity index (χ0v) is 9.19. The van der Waals surface area contributed by atoms with E-state index in [1.54, 1.807) is 6.08 Å². The van der Waals surface area contributed by atoms with E-state index in [0.717, 1.165) is 45.8 Å². The van der Waals surface area contributed by atoms with Crippen molar-refractivity contribution in [1.29, 1.82) is 0 Å². The molecule has 0 aromatic rings. The van der Waals surface area contributed by atoms with Crippen molar-refractivity contribution in [2.24, 2.45) is 9.98 Å². The van der Waals surface area contributed by atoms with Crippen molar-refractivity contribution < 1.29 is 4.74 Å². The SMILES string of the molecule is C=CCN=C=NCCCN1CCOCC1. The zero-order valence-electron chi connectivity index (χ0n) is 9.19. The van der Waals surface area contributed by atoms with Gasteiger partial charge in [0.25, 0.3) is 0 Å². The molecule has 0 amide bonds. The number of morpholine rings is 1. The van der Waals surface area contributed by atoms with E-state index in [2.05, 4.69) is 27.5 Å². The number of hydrogen-bond donors (Lipinski definition) is 0. The third-order valence-corrected chi connectivity index (χ3v) is 2.21. The van der Waals surface area contributed by atoms with Crippen LogP contribution in [0, 0.1) is 0 Å². The standard InChI is InChI=1S/C11H19N3O/c1-2-4-12-11-13-5-3-6-14-7-9-15-10-8-14/h2H,1,3-10H2. The molecule has 4 nitrogen and oxygen atoms in total. The average Bonchev–Trinajstić information content (AvgIpc) is 2.29. The topological polar surface area (TPSA) is 37.2 Å². The van der Waals surface area contributed by atoms with Crippen LogP contribution in [0.25, 0.3) is 0 Å². The van der Waals surface area contributed by atoms with Crippen LogP contribution in [-0.4, -0.2) is 56.8 Å². The lowest BCUT2D eigenvalue weighted by atomic mass is 10.3. The maximum Gasteiger partial charge on any atom is 0.0895 e. The van der Waals surface area contributed by atoms with Gasteiger partial charge in [-0.3, -0.25) is 4.90 Å². The monoisotopic (exact) mass is 209 g/mol. The van der Waals surface area contributed by atoms with Gasteiger partial charge in [0.15, 0.2) is 0 Å². The number of ether oxygens (including phenoxy) is 1. The van der Waals surface area contributed by atoms with Gasteiger partial charge < -0.3 is 4.74 Å². The van der Waals surface area contributed by atoms with Crippen molar-refractivity contribution in [2.75, 3.05) is 45.9 Å². The predicted molar refractivity (Wildman–Crippen MR) is 61.7 cm³/mol. The third kappa shape index (κ3) is 6.18. The van der Waals surface area contributed by atoms with Crippen LogP contribution in [0.3, 0.4) is 0 Å². The van der Waals surface area contributed by atoms with E-state index in [9.17, 15) is 0 Å². The summed E-state index contributed by atoms with van der Waals surface area (Å²) >= 11 is 0. The minimum Gasteiger partial charge on any atom is -0.379 e. The Bertz CT molecular complexity index is 228. The Morgan fingerprint density at radius 2 is 2.13 bits per heavy atom. The van der Waals surface area contributed by atoms with E-state index < -0.39 is 0 Å². The van der Waals surface area contributed by atoms with Crippen LogP contribution in [0.15, 0.2) is 22.6 Å². The Morgan fingerprint density at radius 1 is 1.33 bits per heavy atom. The summed E-state index contributed by atoms with van der Waals surface area (Å²) in [5, 5.41) is 0. The Labute approximate surface area is 91.4 Å². The van der Waals surface area contributed by atoms with E-state index in [-0.39, 0.29) is 0 Å². The van der Waals surface area contributed by atoms with Gasteiger partial charge in [0.1, 0.15) is 0 Å². The highest BCUT2D eigenvalue weighted by molar-refractivity contribution is 5.41. The van der Waals surface area contributed by atoms with Crippen LogP contribution in [0.2, 0.25) is 0 Å². The lowest BCUT2D eigenvalue weighted by Crippen LogP contribution is -2.37. The number of aliphatic imine (C=N–C) groups is 2. The molecule has 1 fully saturated rings. The lowest BCUT2D eigenvalue weighted by molar-refractivity contribution is 0.0377. The molecule has 0 N–H and O–H groups in total. The molecule has 0 aliphatic carbocycles. The average molecular weight is 209 g/mol. The summed E-state index contributed by atoms with van der Waals surface area (Å²) in [6, 6.07) is 2.66. The third-order valence-electron chi connectivity index (χ3n) is 2.21. The molecule has 0 atom stereocenters. The quantitative estimate of drug-likeness (QED) is 0.373. The van der Waals surface area contributed by atoms with Gasteiger partial charge in [-0.15, -0.1) is 6.58 Å². The first-order valence-corrected chi connectivity index (χ1v) is 5.42. The first-order chi connectivity index (χ1) is 7.43. The highest BCUT2D eigenvalue weighted by Gasteiger charge is 2.08. The second-order valence-corrected chi connectivity index (χ2v) is 3.42. The fourth-order valence-corrected chi connectivity index (χ4v) is 1.40. The van der Waals surface area contributed by atoms with Gasteiger partial charge in [0.05, 0.1) is 32.3 Å². The minimum absolute atomic E-state index is 0.604. The normalized spacial score (nSPS) is 16.8. The maximum atomic E-state index is 5.27. The van der Waals surface area contributed by atoms with Crippen LogP contribution < -0.4 is 0 Å². The fourth-order valence-electron chi connectivity index (χ4n) is 1.40. The van der Waals surface area contributed by atoms with E-state index in [4.69, 9.17) is 4.74 Å². The molecule has 0 unspecified atom stereocenters. The second-order valence-electron chi connectivity index (χ2n) is 3.42. The van der Waals surface area contributed by atoms with Crippen molar-refractivity contribution in [3.63, 3.8) is 0 Å². The molecule has 0 aromatic carbocycles. The van der Waals surface area contributed by atoms with Gasteiger partial charge in [0.2, 0.25) is 0 Å².